The van der Waals surface area contributed by atoms with Crippen LogP contribution in [0.1, 0.15) is 30.5 Å². The topological polar surface area (TPSA) is 73.5 Å². The molecule has 0 aromatic carbocycles. The Labute approximate surface area is 163 Å². The first-order valence-corrected chi connectivity index (χ1v) is 10.0. The van der Waals surface area contributed by atoms with Gasteiger partial charge in [0, 0.05) is 27.2 Å². The fourth-order valence-electron chi connectivity index (χ4n) is 2.19. The molecule has 2 aromatic heterocycles. The number of halogens is 1. The molecule has 0 saturated carbocycles. The minimum Gasteiger partial charge on any atom is -0.370 e. The average molecular weight is 445 g/mol. The van der Waals surface area contributed by atoms with Gasteiger partial charge in [-0.25, -0.2) is 0 Å². The number of amides is 2. The van der Waals surface area contributed by atoms with Crippen molar-refractivity contribution in [2.75, 3.05) is 33.1 Å². The maximum Gasteiger partial charge on any atom is 0.262 e. The highest BCUT2D eigenvalue weighted by atomic mass is 79.9. The van der Waals surface area contributed by atoms with Crippen molar-refractivity contribution in [3.63, 3.8) is 0 Å². The molecular formula is C16H21BrN4O2S2. The summed E-state index contributed by atoms with van der Waals surface area (Å²) in [5, 5.41) is 9.42. The van der Waals surface area contributed by atoms with E-state index in [0.29, 0.717) is 13.1 Å². The number of anilines is 1. The van der Waals surface area contributed by atoms with Gasteiger partial charge in [-0.3, -0.25) is 9.59 Å². The molecule has 3 N–H and O–H groups in total. The van der Waals surface area contributed by atoms with Crippen molar-refractivity contribution in [3.8, 4) is 0 Å². The van der Waals surface area contributed by atoms with E-state index in [9.17, 15) is 9.59 Å². The second kappa shape index (κ2) is 8.79. The molecular weight excluding hydrogens is 424 g/mol. The van der Waals surface area contributed by atoms with Gasteiger partial charge in [0.15, 0.2) is 0 Å². The molecule has 2 amide bonds. The number of thiophene rings is 2. The summed E-state index contributed by atoms with van der Waals surface area (Å²) in [7, 11) is 7.72. The average Bonchev–Trinajstić information content (AvgIpc) is 3.27. The zero-order chi connectivity index (χ0) is 18.6. The van der Waals surface area contributed by atoms with E-state index in [1.807, 2.05) is 39.2 Å². The second-order valence-electron chi connectivity index (χ2n) is 5.60. The second-order valence-corrected chi connectivity index (χ2v) is 9.07. The molecule has 9 heteroatoms. The number of nitrogens with one attached hydrogen (secondary N) is 3. The van der Waals surface area contributed by atoms with E-state index in [-0.39, 0.29) is 11.8 Å². The smallest absolute Gasteiger partial charge is 0.262 e. The van der Waals surface area contributed by atoms with Gasteiger partial charge in [0.1, 0.15) is 0 Å². The van der Waals surface area contributed by atoms with E-state index in [1.165, 1.54) is 11.3 Å². The minimum absolute atomic E-state index is 0.0608. The molecule has 2 aliphatic rings. The largest absolute Gasteiger partial charge is 0.370 e. The van der Waals surface area contributed by atoms with E-state index in [1.54, 1.807) is 11.3 Å². The van der Waals surface area contributed by atoms with E-state index in [4.69, 9.17) is 0 Å². The zero-order valence-electron chi connectivity index (χ0n) is 14.5. The molecule has 0 unspecified atom stereocenters. The van der Waals surface area contributed by atoms with E-state index in [0.717, 1.165) is 29.7 Å². The molecule has 6 nitrogen and oxygen atoms in total. The number of nitrogens with zero attached hydrogens (tertiary/aromatic N) is 1. The highest BCUT2D eigenvalue weighted by Crippen LogP contribution is 2.31. The molecule has 4 heterocycles. The van der Waals surface area contributed by atoms with Crippen LogP contribution in [-0.4, -0.2) is 40.0 Å². The Morgan fingerprint density at radius 2 is 1.48 bits per heavy atom. The van der Waals surface area contributed by atoms with Gasteiger partial charge in [0.25, 0.3) is 11.8 Å². The van der Waals surface area contributed by atoms with Crippen molar-refractivity contribution in [2.45, 2.75) is 13.1 Å². The molecule has 25 heavy (non-hydrogen) atoms. The fourth-order valence-corrected chi connectivity index (χ4v) is 4.79. The van der Waals surface area contributed by atoms with Crippen LogP contribution in [0.15, 0.2) is 15.9 Å². The third-order valence-electron chi connectivity index (χ3n) is 3.31. The van der Waals surface area contributed by atoms with Crippen molar-refractivity contribution in [1.29, 1.82) is 0 Å². The predicted octanol–water partition coefficient (Wildman–Crippen LogP) is 2.65. The molecule has 0 bridgehead atoms. The van der Waals surface area contributed by atoms with Gasteiger partial charge in [-0.05, 0) is 53.3 Å². The molecule has 0 fully saturated rings. The lowest BCUT2D eigenvalue weighted by Gasteiger charge is -2.07. The Hall–Kier alpha value is -1.42. The summed E-state index contributed by atoms with van der Waals surface area (Å²) < 4.78 is 1.03. The Morgan fingerprint density at radius 3 is 1.92 bits per heavy atom. The van der Waals surface area contributed by atoms with Crippen LogP contribution in [0.2, 0.25) is 0 Å². The molecule has 0 spiro atoms. The van der Waals surface area contributed by atoms with Crippen LogP contribution in [0.4, 0.5) is 5.00 Å². The van der Waals surface area contributed by atoms with Crippen molar-refractivity contribution in [3.05, 3.63) is 36.8 Å². The van der Waals surface area contributed by atoms with Crippen LogP contribution in [0.3, 0.4) is 0 Å². The molecule has 4 rings (SSSR count). The number of carbonyl (C=O) groups excluding carboxylic acids is 2. The molecule has 2 aromatic rings. The van der Waals surface area contributed by atoms with Crippen molar-refractivity contribution < 1.29 is 9.59 Å². The normalized spacial score (nSPS) is 13.6. The first-order chi connectivity index (χ1) is 11.9. The van der Waals surface area contributed by atoms with Gasteiger partial charge in [-0.15, -0.1) is 22.7 Å². The fraction of sp³-hybridized carbons (Fsp3) is 0.375. The number of fused-ring (bicyclic) bond motifs is 2. The van der Waals surface area contributed by atoms with Crippen LogP contribution in [0.5, 0.6) is 0 Å². The summed E-state index contributed by atoms with van der Waals surface area (Å²) in [4.78, 5) is 25.9. The first kappa shape index (κ1) is 19.9. The third kappa shape index (κ3) is 4.81. The number of rotatable bonds is 1. The molecule has 2 aliphatic heterocycles. The van der Waals surface area contributed by atoms with E-state index < -0.39 is 0 Å². The zero-order valence-corrected chi connectivity index (χ0v) is 17.7. The minimum atomic E-state index is 0.0608. The van der Waals surface area contributed by atoms with Crippen LogP contribution in [0.25, 0.3) is 0 Å². The Bertz CT molecular complexity index is 770. The quantitative estimate of drug-likeness (QED) is 0.631. The van der Waals surface area contributed by atoms with Gasteiger partial charge in [-0.2, -0.15) is 0 Å². The third-order valence-corrected chi connectivity index (χ3v) is 6.33. The summed E-state index contributed by atoms with van der Waals surface area (Å²) in [6.45, 7) is 1.38. The van der Waals surface area contributed by atoms with Crippen molar-refractivity contribution in [2.24, 2.45) is 0 Å². The summed E-state index contributed by atoms with van der Waals surface area (Å²) >= 11 is 6.37. The molecule has 0 atom stereocenters. The molecule has 0 aliphatic carbocycles. The van der Waals surface area contributed by atoms with E-state index >= 15 is 0 Å². The van der Waals surface area contributed by atoms with Crippen LogP contribution in [0, 0.1) is 0 Å². The van der Waals surface area contributed by atoms with Crippen LogP contribution in [-0.2, 0) is 13.1 Å². The van der Waals surface area contributed by atoms with Crippen molar-refractivity contribution >= 4 is 55.4 Å². The summed E-state index contributed by atoms with van der Waals surface area (Å²) in [5.74, 6) is 0.133. The molecule has 0 saturated heterocycles. The highest BCUT2D eigenvalue weighted by molar-refractivity contribution is 9.11. The van der Waals surface area contributed by atoms with Gasteiger partial charge in [-0.1, -0.05) is 0 Å². The van der Waals surface area contributed by atoms with Crippen molar-refractivity contribution in [1.82, 2.24) is 16.0 Å². The van der Waals surface area contributed by atoms with Gasteiger partial charge in [0.2, 0.25) is 0 Å². The van der Waals surface area contributed by atoms with Crippen LogP contribution < -0.4 is 20.9 Å². The molecule has 136 valence electrons. The number of carbonyl (C=O) groups is 2. The lowest BCUT2D eigenvalue weighted by Crippen LogP contribution is -2.13. The standard InChI is InChI=1S/C8H10N2OS.C6H4BrNOS.C2H7N/c1-10(2)6-3-5-4-9-8(11)7(5)12-6;7-4-1-3-2-8-6(9)5(3)10-4;1-3-2/h3H,4H2,1-2H3,(H,9,11);1H,2H2,(H,8,9);3H,1-2H3. The monoisotopic (exact) mass is 444 g/mol. The van der Waals surface area contributed by atoms with E-state index in [2.05, 4.69) is 37.9 Å². The highest BCUT2D eigenvalue weighted by Gasteiger charge is 2.22. The Balaban J connectivity index is 0.000000158. The SMILES string of the molecule is CN(C)c1cc2c(s1)C(=O)NC2.CNC.O=C1NCc2cc(Br)sc21. The Kier molecular flexibility index (Phi) is 7.00. The first-order valence-electron chi connectivity index (χ1n) is 7.60. The number of hydrogen-bond acceptors (Lipinski definition) is 6. The summed E-state index contributed by atoms with van der Waals surface area (Å²) in [6, 6.07) is 4.05. The number of hydrogen-bond donors (Lipinski definition) is 3. The van der Waals surface area contributed by atoms with Gasteiger partial charge < -0.3 is 20.9 Å². The lowest BCUT2D eigenvalue weighted by atomic mass is 10.3. The Morgan fingerprint density at radius 1 is 1.00 bits per heavy atom. The summed E-state index contributed by atoms with van der Waals surface area (Å²) in [5.41, 5.74) is 2.25. The van der Waals surface area contributed by atoms with Gasteiger partial charge >= 0.3 is 0 Å². The maximum atomic E-state index is 11.2. The lowest BCUT2D eigenvalue weighted by molar-refractivity contribution is 0.0961. The summed E-state index contributed by atoms with van der Waals surface area (Å²) in [6.07, 6.45) is 0. The predicted molar refractivity (Wildman–Crippen MR) is 108 cm³/mol. The van der Waals surface area contributed by atoms with Gasteiger partial charge in [0.05, 0.1) is 18.5 Å². The maximum absolute atomic E-state index is 11.2. The molecule has 0 radical (unpaired) electrons. The van der Waals surface area contributed by atoms with Crippen LogP contribution >= 0.6 is 38.6 Å².